The van der Waals surface area contributed by atoms with E-state index >= 15 is 0 Å². The molecule has 2 rings (SSSR count). The molecular weight excluding hydrogens is 326 g/mol. The molecule has 0 aliphatic rings. The van der Waals surface area contributed by atoms with Gasteiger partial charge >= 0.3 is 0 Å². The number of imidazole rings is 1. The molecule has 0 radical (unpaired) electrons. The van der Waals surface area contributed by atoms with E-state index in [0.717, 1.165) is 34.0 Å². The van der Waals surface area contributed by atoms with Crippen LogP contribution in [-0.4, -0.2) is 16.1 Å². The zero-order valence-corrected chi connectivity index (χ0v) is 13.4. The van der Waals surface area contributed by atoms with Gasteiger partial charge in [0.15, 0.2) is 0 Å². The molecule has 0 saturated carbocycles. The molecule has 3 nitrogen and oxygen atoms in total. The van der Waals surface area contributed by atoms with Crippen LogP contribution in [-0.2, 0) is 6.54 Å². The summed E-state index contributed by atoms with van der Waals surface area (Å²) in [5.41, 5.74) is 1.04. The summed E-state index contributed by atoms with van der Waals surface area (Å²) in [5, 5.41) is 4.19. The summed E-state index contributed by atoms with van der Waals surface area (Å²) in [6.07, 6.45) is 3.82. The highest BCUT2D eigenvalue weighted by Crippen LogP contribution is 2.32. The Bertz CT molecular complexity index is 553. The van der Waals surface area contributed by atoms with E-state index in [9.17, 15) is 0 Å². The van der Waals surface area contributed by atoms with Gasteiger partial charge in [0.1, 0.15) is 5.82 Å². The van der Waals surface area contributed by atoms with Crippen LogP contribution in [0.2, 0.25) is 5.02 Å². The molecule has 0 amide bonds. The number of benzene rings is 1. The van der Waals surface area contributed by atoms with E-state index < -0.39 is 0 Å². The van der Waals surface area contributed by atoms with Crippen LogP contribution in [0.15, 0.2) is 35.1 Å². The monoisotopic (exact) mass is 341 g/mol. The number of aromatic nitrogens is 2. The Kier molecular flexibility index (Phi) is 5.02. The summed E-state index contributed by atoms with van der Waals surface area (Å²) in [6, 6.07) is 5.98. The van der Waals surface area contributed by atoms with Gasteiger partial charge in [-0.1, -0.05) is 30.7 Å². The highest BCUT2D eigenvalue weighted by atomic mass is 79.9. The average Bonchev–Trinajstić information content (AvgIpc) is 2.88. The molecule has 1 unspecified atom stereocenters. The van der Waals surface area contributed by atoms with Crippen molar-refractivity contribution in [2.75, 3.05) is 6.54 Å². The van der Waals surface area contributed by atoms with Gasteiger partial charge in [-0.25, -0.2) is 4.98 Å². The first-order chi connectivity index (χ1) is 9.19. The fourth-order valence-electron chi connectivity index (χ4n) is 2.14. The second-order valence-electron chi connectivity index (χ2n) is 4.21. The fourth-order valence-corrected chi connectivity index (χ4v) is 2.75. The van der Waals surface area contributed by atoms with Crippen LogP contribution < -0.4 is 5.32 Å². The highest BCUT2D eigenvalue weighted by molar-refractivity contribution is 9.10. The van der Waals surface area contributed by atoms with Crippen LogP contribution >= 0.6 is 27.5 Å². The first kappa shape index (κ1) is 14.6. The number of aryl methyl sites for hydroxylation is 1. The molecule has 102 valence electrons. The van der Waals surface area contributed by atoms with Crippen LogP contribution in [0.3, 0.4) is 0 Å². The van der Waals surface area contributed by atoms with Crippen molar-refractivity contribution in [3.8, 4) is 0 Å². The van der Waals surface area contributed by atoms with E-state index in [2.05, 4.69) is 44.6 Å². The van der Waals surface area contributed by atoms with Crippen LogP contribution in [0.4, 0.5) is 0 Å². The molecule has 0 saturated heterocycles. The average molecular weight is 343 g/mol. The lowest BCUT2D eigenvalue weighted by Crippen LogP contribution is -2.25. The van der Waals surface area contributed by atoms with Gasteiger partial charge in [0.05, 0.1) is 11.1 Å². The van der Waals surface area contributed by atoms with Crippen LogP contribution in [0.1, 0.15) is 31.3 Å². The maximum atomic E-state index is 6.41. The number of rotatable bonds is 5. The first-order valence-corrected chi connectivity index (χ1v) is 7.54. The lowest BCUT2D eigenvalue weighted by molar-refractivity contribution is 0.559. The van der Waals surface area contributed by atoms with Crippen molar-refractivity contribution in [3.63, 3.8) is 0 Å². The van der Waals surface area contributed by atoms with Crippen LogP contribution in [0, 0.1) is 0 Å². The van der Waals surface area contributed by atoms with E-state index in [1.54, 1.807) is 0 Å². The molecule has 0 fully saturated rings. The molecule has 0 spiro atoms. The first-order valence-electron chi connectivity index (χ1n) is 6.37. The van der Waals surface area contributed by atoms with E-state index in [-0.39, 0.29) is 6.04 Å². The largest absolute Gasteiger partial charge is 0.334 e. The Morgan fingerprint density at radius 2 is 2.21 bits per heavy atom. The molecule has 0 bridgehead atoms. The second kappa shape index (κ2) is 6.55. The van der Waals surface area contributed by atoms with Crippen molar-refractivity contribution in [1.29, 1.82) is 0 Å². The Balaban J connectivity index is 2.48. The number of hydrogen-bond donors (Lipinski definition) is 1. The topological polar surface area (TPSA) is 29.9 Å². The van der Waals surface area contributed by atoms with Crippen LogP contribution in [0.25, 0.3) is 0 Å². The number of halogens is 2. The second-order valence-corrected chi connectivity index (χ2v) is 5.44. The predicted molar refractivity (Wildman–Crippen MR) is 82.6 cm³/mol. The quantitative estimate of drug-likeness (QED) is 0.889. The molecule has 5 heteroatoms. The van der Waals surface area contributed by atoms with Gasteiger partial charge < -0.3 is 9.88 Å². The maximum absolute atomic E-state index is 6.41. The Morgan fingerprint density at radius 1 is 1.42 bits per heavy atom. The molecule has 1 atom stereocenters. The molecule has 0 aliphatic carbocycles. The molecular formula is C14H17BrClN3. The Morgan fingerprint density at radius 3 is 2.89 bits per heavy atom. The molecule has 2 aromatic rings. The summed E-state index contributed by atoms with van der Waals surface area (Å²) >= 11 is 9.89. The van der Waals surface area contributed by atoms with Crippen molar-refractivity contribution in [3.05, 3.63) is 51.5 Å². The zero-order chi connectivity index (χ0) is 13.8. The fraction of sp³-hybridized carbons (Fsp3) is 0.357. The van der Waals surface area contributed by atoms with Gasteiger partial charge in [-0.15, -0.1) is 0 Å². The van der Waals surface area contributed by atoms with Crippen molar-refractivity contribution in [1.82, 2.24) is 14.9 Å². The van der Waals surface area contributed by atoms with Crippen molar-refractivity contribution >= 4 is 27.5 Å². The number of hydrogen-bond acceptors (Lipinski definition) is 2. The number of nitrogens with one attached hydrogen (secondary N) is 1. The standard InChI is InChI=1S/C14H17BrClN3/c1-3-17-13(14-18-8-9-19(14)4-2)10-6-5-7-11(15)12(10)16/h5-9,13,17H,3-4H2,1-2H3. The lowest BCUT2D eigenvalue weighted by Gasteiger charge is -2.20. The van der Waals surface area contributed by atoms with Gasteiger partial charge in [0, 0.05) is 23.4 Å². The molecule has 19 heavy (non-hydrogen) atoms. The van der Waals surface area contributed by atoms with Gasteiger partial charge in [0.2, 0.25) is 0 Å². The third kappa shape index (κ3) is 3.02. The molecule has 1 N–H and O–H groups in total. The van der Waals surface area contributed by atoms with E-state index in [0.29, 0.717) is 0 Å². The third-order valence-corrected chi connectivity index (χ3v) is 4.36. The van der Waals surface area contributed by atoms with Crippen molar-refractivity contribution in [2.45, 2.75) is 26.4 Å². The minimum Gasteiger partial charge on any atom is -0.334 e. The summed E-state index contributed by atoms with van der Waals surface area (Å²) < 4.78 is 3.04. The predicted octanol–water partition coefficient (Wildman–Crippen LogP) is 4.02. The van der Waals surface area contributed by atoms with Crippen molar-refractivity contribution in [2.24, 2.45) is 0 Å². The molecule has 1 aromatic heterocycles. The van der Waals surface area contributed by atoms with Gasteiger partial charge in [-0.05, 0) is 41.0 Å². The minimum absolute atomic E-state index is 0.00458. The molecule has 0 aliphatic heterocycles. The van der Waals surface area contributed by atoms with Gasteiger partial charge in [-0.3, -0.25) is 0 Å². The van der Waals surface area contributed by atoms with E-state index in [4.69, 9.17) is 11.6 Å². The van der Waals surface area contributed by atoms with Gasteiger partial charge in [0.25, 0.3) is 0 Å². The normalized spacial score (nSPS) is 12.6. The van der Waals surface area contributed by atoms with Crippen molar-refractivity contribution < 1.29 is 0 Å². The summed E-state index contributed by atoms with van der Waals surface area (Å²) in [7, 11) is 0. The Labute approximate surface area is 127 Å². The summed E-state index contributed by atoms with van der Waals surface area (Å²) in [5.74, 6) is 0.990. The highest BCUT2D eigenvalue weighted by Gasteiger charge is 2.21. The molecule has 1 heterocycles. The SMILES string of the molecule is CCNC(c1cccc(Br)c1Cl)c1nccn1CC. The minimum atomic E-state index is 0.00458. The third-order valence-electron chi connectivity index (χ3n) is 3.05. The Hall–Kier alpha value is -0.840. The lowest BCUT2D eigenvalue weighted by atomic mass is 10.1. The van der Waals surface area contributed by atoms with E-state index in [1.807, 2.05) is 30.6 Å². The van der Waals surface area contributed by atoms with Gasteiger partial charge in [-0.2, -0.15) is 0 Å². The van der Waals surface area contributed by atoms with Crippen LogP contribution in [0.5, 0.6) is 0 Å². The summed E-state index contributed by atoms with van der Waals surface area (Å²) in [4.78, 5) is 4.48. The zero-order valence-electron chi connectivity index (χ0n) is 11.0. The van der Waals surface area contributed by atoms with E-state index in [1.165, 1.54) is 0 Å². The molecule has 1 aromatic carbocycles. The smallest absolute Gasteiger partial charge is 0.130 e. The summed E-state index contributed by atoms with van der Waals surface area (Å²) in [6.45, 7) is 5.93. The maximum Gasteiger partial charge on any atom is 0.130 e. The number of nitrogens with zero attached hydrogens (tertiary/aromatic N) is 2.